The second kappa shape index (κ2) is 6.76. The molecule has 0 atom stereocenters. The molecule has 0 amide bonds. The molecule has 1 saturated heterocycles. The first-order valence-electron chi connectivity index (χ1n) is 7.98. The molecule has 0 bridgehead atoms. The average molecular weight is 331 g/mol. The molecular weight excluding hydrogens is 310 g/mol. The van der Waals surface area contributed by atoms with Crippen LogP contribution in [0.1, 0.15) is 29.9 Å². The van der Waals surface area contributed by atoms with E-state index in [1.54, 1.807) is 0 Å². The van der Waals surface area contributed by atoms with Crippen molar-refractivity contribution in [3.8, 4) is 5.75 Å². The Morgan fingerprint density at radius 2 is 1.83 bits per heavy atom. The molecule has 2 heterocycles. The predicted molar refractivity (Wildman–Crippen MR) is 87.4 cm³/mol. The lowest BCUT2D eigenvalue weighted by Gasteiger charge is -2.38. The number of rotatable bonds is 4. The van der Waals surface area contributed by atoms with Crippen LogP contribution in [0.3, 0.4) is 0 Å². The molecule has 1 aromatic carbocycles. The van der Waals surface area contributed by atoms with Crippen molar-refractivity contribution in [1.29, 1.82) is 0 Å². The van der Waals surface area contributed by atoms with E-state index >= 15 is 0 Å². The fraction of sp³-hybridized carbons (Fsp3) is 0.389. The Morgan fingerprint density at radius 3 is 2.46 bits per heavy atom. The summed E-state index contributed by atoms with van der Waals surface area (Å²) in [5, 5.41) is 29.8. The van der Waals surface area contributed by atoms with Crippen LogP contribution >= 0.6 is 0 Å². The highest BCUT2D eigenvalue weighted by molar-refractivity contribution is 5.25. The maximum atomic E-state index is 11.7. The van der Waals surface area contributed by atoms with Gasteiger partial charge in [0.2, 0.25) is 11.2 Å². The minimum Gasteiger partial charge on any atom is -0.502 e. The second-order valence-electron chi connectivity index (χ2n) is 6.18. The van der Waals surface area contributed by atoms with Gasteiger partial charge in [0.05, 0.1) is 12.1 Å². The zero-order valence-electron chi connectivity index (χ0n) is 13.3. The highest BCUT2D eigenvalue weighted by atomic mass is 16.4. The average Bonchev–Trinajstić information content (AvgIpc) is 2.61. The quantitative estimate of drug-likeness (QED) is 0.782. The number of likely N-dealkylation sites (tertiary alicyclic amines) is 1. The molecule has 3 rings (SSSR count). The van der Waals surface area contributed by atoms with E-state index in [-0.39, 0.29) is 18.1 Å². The molecule has 128 valence electrons. The molecule has 0 aliphatic carbocycles. The first kappa shape index (κ1) is 16.7. The number of hydrogen-bond donors (Lipinski definition) is 3. The molecule has 0 unspecified atom stereocenters. The maximum Gasteiger partial charge on any atom is 0.227 e. The van der Waals surface area contributed by atoms with E-state index in [9.17, 15) is 15.0 Å². The van der Waals surface area contributed by atoms with Gasteiger partial charge in [-0.25, -0.2) is 0 Å². The molecule has 24 heavy (non-hydrogen) atoms. The molecule has 1 fully saturated rings. The van der Waals surface area contributed by atoms with Gasteiger partial charge in [0, 0.05) is 19.2 Å². The monoisotopic (exact) mass is 331 g/mol. The molecule has 0 saturated carbocycles. The topological polar surface area (TPSA) is 94.1 Å². The van der Waals surface area contributed by atoms with E-state index in [1.807, 2.05) is 35.2 Å². The van der Waals surface area contributed by atoms with Crippen LogP contribution in [0.4, 0.5) is 0 Å². The third-order valence-electron chi connectivity index (χ3n) is 4.56. The van der Waals surface area contributed by atoms with Crippen molar-refractivity contribution >= 4 is 0 Å². The Hall–Kier alpha value is -2.15. The summed E-state index contributed by atoms with van der Waals surface area (Å²) in [5.41, 5.74) is -0.507. The van der Waals surface area contributed by atoms with E-state index in [2.05, 4.69) is 0 Å². The number of hydrogen-bond acceptors (Lipinski definition) is 6. The lowest BCUT2D eigenvalue weighted by molar-refractivity contribution is -0.0293. The molecule has 6 heteroatoms. The lowest BCUT2D eigenvalue weighted by Crippen LogP contribution is -2.42. The molecule has 6 nitrogen and oxygen atoms in total. The van der Waals surface area contributed by atoms with Gasteiger partial charge in [-0.3, -0.25) is 9.69 Å². The predicted octanol–water partition coefficient (Wildman–Crippen LogP) is 1.32. The summed E-state index contributed by atoms with van der Waals surface area (Å²) in [5.74, 6) is -0.140. The highest BCUT2D eigenvalue weighted by Crippen LogP contribution is 2.33. The van der Waals surface area contributed by atoms with Crippen molar-refractivity contribution in [1.82, 2.24) is 4.90 Å². The molecule has 0 radical (unpaired) electrons. The Morgan fingerprint density at radius 1 is 1.17 bits per heavy atom. The van der Waals surface area contributed by atoms with Crippen molar-refractivity contribution in [2.45, 2.75) is 31.6 Å². The standard InChI is InChI=1S/C18H21NO5/c20-12-14-10-15(21)17(22)16(24-14)11-19-8-6-18(23,7-9-19)13-4-2-1-3-5-13/h1-5,10,20,22-23H,6-9,11-12H2. The Kier molecular flexibility index (Phi) is 4.71. The Balaban J connectivity index is 1.70. The van der Waals surface area contributed by atoms with Crippen LogP contribution < -0.4 is 5.43 Å². The molecule has 2 aromatic rings. The number of piperidine rings is 1. The molecule has 0 spiro atoms. The van der Waals surface area contributed by atoms with Gasteiger partial charge in [0.1, 0.15) is 12.4 Å². The molecule has 1 aliphatic rings. The van der Waals surface area contributed by atoms with Gasteiger partial charge in [0.25, 0.3) is 0 Å². The van der Waals surface area contributed by atoms with Crippen molar-refractivity contribution in [2.75, 3.05) is 13.1 Å². The fourth-order valence-corrected chi connectivity index (χ4v) is 3.09. The zero-order chi connectivity index (χ0) is 17.2. The summed E-state index contributed by atoms with van der Waals surface area (Å²) in [6, 6.07) is 10.7. The maximum absolute atomic E-state index is 11.7. The van der Waals surface area contributed by atoms with E-state index in [0.717, 1.165) is 11.6 Å². The van der Waals surface area contributed by atoms with Gasteiger partial charge in [-0.15, -0.1) is 0 Å². The zero-order valence-corrected chi connectivity index (χ0v) is 13.3. The molecule has 3 N–H and O–H groups in total. The van der Waals surface area contributed by atoms with Gasteiger partial charge < -0.3 is 19.7 Å². The first-order chi connectivity index (χ1) is 11.5. The second-order valence-corrected chi connectivity index (χ2v) is 6.18. The molecule has 1 aliphatic heterocycles. The van der Waals surface area contributed by atoms with Gasteiger partial charge in [-0.05, 0) is 18.4 Å². The third kappa shape index (κ3) is 3.36. The van der Waals surface area contributed by atoms with E-state index in [0.29, 0.717) is 25.9 Å². The largest absolute Gasteiger partial charge is 0.502 e. The smallest absolute Gasteiger partial charge is 0.227 e. The normalized spacial score (nSPS) is 17.8. The molecule has 1 aromatic heterocycles. The van der Waals surface area contributed by atoms with Crippen molar-refractivity contribution < 1.29 is 19.7 Å². The lowest BCUT2D eigenvalue weighted by atomic mass is 9.84. The Bertz CT molecular complexity index is 748. The SMILES string of the molecule is O=c1cc(CO)oc(CN2CCC(O)(c3ccccc3)CC2)c1O. The summed E-state index contributed by atoms with van der Waals surface area (Å²) >= 11 is 0. The van der Waals surface area contributed by atoms with Crippen molar-refractivity contribution in [3.63, 3.8) is 0 Å². The van der Waals surface area contributed by atoms with Crippen LogP contribution in [0.25, 0.3) is 0 Å². The number of aliphatic hydroxyl groups excluding tert-OH is 1. The van der Waals surface area contributed by atoms with Crippen molar-refractivity contribution in [2.24, 2.45) is 0 Å². The van der Waals surface area contributed by atoms with Gasteiger partial charge in [0.15, 0.2) is 5.76 Å². The Labute approximate surface area is 139 Å². The number of aliphatic hydroxyl groups is 2. The van der Waals surface area contributed by atoms with Crippen LogP contribution in [0, 0.1) is 0 Å². The number of aromatic hydroxyl groups is 1. The van der Waals surface area contributed by atoms with Gasteiger partial charge >= 0.3 is 0 Å². The van der Waals surface area contributed by atoms with Crippen LogP contribution in [-0.4, -0.2) is 33.3 Å². The summed E-state index contributed by atoms with van der Waals surface area (Å²) < 4.78 is 5.37. The number of nitrogens with zero attached hydrogens (tertiary/aromatic N) is 1. The highest BCUT2D eigenvalue weighted by Gasteiger charge is 2.34. The van der Waals surface area contributed by atoms with E-state index < -0.39 is 23.4 Å². The van der Waals surface area contributed by atoms with Crippen molar-refractivity contribution in [3.05, 3.63) is 63.7 Å². The van der Waals surface area contributed by atoms with Gasteiger partial charge in [-0.2, -0.15) is 0 Å². The minimum atomic E-state index is -0.854. The van der Waals surface area contributed by atoms with Crippen LogP contribution in [-0.2, 0) is 18.8 Å². The first-order valence-corrected chi connectivity index (χ1v) is 7.98. The van der Waals surface area contributed by atoms with Gasteiger partial charge in [-0.1, -0.05) is 30.3 Å². The summed E-state index contributed by atoms with van der Waals surface area (Å²) in [7, 11) is 0. The van der Waals surface area contributed by atoms with Crippen LogP contribution in [0.5, 0.6) is 5.75 Å². The number of benzene rings is 1. The summed E-state index contributed by atoms with van der Waals surface area (Å²) in [4.78, 5) is 13.7. The van der Waals surface area contributed by atoms with E-state index in [1.165, 1.54) is 0 Å². The third-order valence-corrected chi connectivity index (χ3v) is 4.56. The molecular formula is C18H21NO5. The van der Waals surface area contributed by atoms with E-state index in [4.69, 9.17) is 9.52 Å². The van der Waals surface area contributed by atoms with Crippen LogP contribution in [0.2, 0.25) is 0 Å². The summed E-state index contributed by atoms with van der Waals surface area (Å²) in [6.07, 6.45) is 1.11. The fourth-order valence-electron chi connectivity index (χ4n) is 3.09. The van der Waals surface area contributed by atoms with Crippen LogP contribution in [0.15, 0.2) is 45.6 Å². The summed E-state index contributed by atoms with van der Waals surface area (Å²) in [6.45, 7) is 1.09. The minimum absolute atomic E-state index is 0.130.